The van der Waals surface area contributed by atoms with Crippen molar-refractivity contribution in [2.75, 3.05) is 0 Å². The molecule has 10 heavy (non-hydrogen) atoms. The summed E-state index contributed by atoms with van der Waals surface area (Å²) in [6.45, 7) is 6.72. The quantitative estimate of drug-likeness (QED) is 0.271. The van der Waals surface area contributed by atoms with Crippen LogP contribution in [0.1, 0.15) is 1.43 Å². The normalized spacial score (nSPS) is 7.80. The van der Waals surface area contributed by atoms with E-state index in [1.165, 1.54) is 0 Å². The third kappa shape index (κ3) is 248. The van der Waals surface area contributed by atoms with Crippen molar-refractivity contribution in [2.45, 2.75) is 0 Å². The van der Waals surface area contributed by atoms with E-state index in [-0.39, 0.29) is 31.0 Å². The molecule has 0 aliphatic rings. The molecule has 0 heterocycles. The van der Waals surface area contributed by atoms with E-state index in [9.17, 15) is 0 Å². The van der Waals surface area contributed by atoms with Gasteiger partial charge in [-0.3, -0.25) is 9.11 Å². The fourth-order valence-electron chi connectivity index (χ4n) is 0. The van der Waals surface area contributed by atoms with Crippen LogP contribution in [0.15, 0.2) is 25.3 Å². The molecule has 0 aliphatic heterocycles. The van der Waals surface area contributed by atoms with Crippen LogP contribution in [-0.4, -0.2) is 17.5 Å². The summed E-state index contributed by atoms with van der Waals surface area (Å²) in [5.74, 6) is 0. The molecule has 0 aliphatic carbocycles. The third-order valence-electron chi connectivity index (χ3n) is 0.167. The van der Waals surface area contributed by atoms with Crippen molar-refractivity contribution in [1.82, 2.24) is 0 Å². The van der Waals surface area contributed by atoms with E-state index >= 15 is 0 Å². The van der Waals surface area contributed by atoms with Gasteiger partial charge in [-0.25, -0.2) is 0 Å². The van der Waals surface area contributed by atoms with Crippen molar-refractivity contribution >= 4 is 10.4 Å². The van der Waals surface area contributed by atoms with Crippen LogP contribution in [0, 0.1) is 0 Å². The first kappa shape index (κ1) is 16.7. The van der Waals surface area contributed by atoms with Crippen molar-refractivity contribution < 1.29 is 48.5 Å². The molecule has 0 aromatic carbocycles. The Labute approximate surface area is 84.0 Å². The largest absolute Gasteiger partial charge is 1.00 e. The average Bonchev–Trinajstić information content (AvgIpc) is 1.61. The Morgan fingerprint density at radius 1 is 1.20 bits per heavy atom. The maximum absolute atomic E-state index is 8.74. The van der Waals surface area contributed by atoms with Gasteiger partial charge in [0.25, 0.3) is 0 Å². The van der Waals surface area contributed by atoms with E-state index < -0.39 is 10.4 Å². The van der Waals surface area contributed by atoms with Crippen molar-refractivity contribution in [2.24, 2.45) is 0 Å². The van der Waals surface area contributed by atoms with Crippen LogP contribution in [0.5, 0.6) is 0 Å². The molecule has 0 aromatic heterocycles. The molecular formula is C4H9NaO4S. The first-order chi connectivity index (χ1) is 3.91. The molecule has 56 valence electrons. The van der Waals surface area contributed by atoms with Crippen LogP contribution in [0.4, 0.5) is 0 Å². The summed E-state index contributed by atoms with van der Waals surface area (Å²) in [5.41, 5.74) is 0. The molecule has 0 fully saturated rings. The van der Waals surface area contributed by atoms with Crippen LogP contribution in [0.3, 0.4) is 0 Å². The summed E-state index contributed by atoms with van der Waals surface area (Å²) in [7, 11) is -4.67. The van der Waals surface area contributed by atoms with E-state index in [0.29, 0.717) is 0 Å². The molecule has 0 saturated heterocycles. The minimum Gasteiger partial charge on any atom is -1.00 e. The van der Waals surface area contributed by atoms with Crippen molar-refractivity contribution in [3.05, 3.63) is 25.3 Å². The molecule has 0 atom stereocenters. The van der Waals surface area contributed by atoms with Crippen molar-refractivity contribution in [3.8, 4) is 0 Å². The maximum atomic E-state index is 8.74. The van der Waals surface area contributed by atoms with Crippen LogP contribution in [0.2, 0.25) is 0 Å². The zero-order chi connectivity index (χ0) is 7.91. The molecular weight excluding hydrogens is 167 g/mol. The van der Waals surface area contributed by atoms with Gasteiger partial charge in [-0.15, -0.1) is 0 Å². The van der Waals surface area contributed by atoms with Crippen molar-refractivity contribution in [3.63, 3.8) is 0 Å². The molecule has 0 bridgehead atoms. The van der Waals surface area contributed by atoms with Gasteiger partial charge in [-0.2, -0.15) is 8.42 Å². The topological polar surface area (TPSA) is 74.6 Å². The predicted molar refractivity (Wildman–Crippen MR) is 35.7 cm³/mol. The molecule has 2 N–H and O–H groups in total. The molecule has 0 unspecified atom stereocenters. The molecule has 0 spiro atoms. The molecule has 0 aromatic rings. The molecule has 6 heteroatoms. The van der Waals surface area contributed by atoms with Gasteiger partial charge in [0.05, 0.1) is 0 Å². The summed E-state index contributed by atoms with van der Waals surface area (Å²) in [4.78, 5) is 0. The second kappa shape index (κ2) is 9.35. The summed E-state index contributed by atoms with van der Waals surface area (Å²) in [5, 5.41) is 0. The third-order valence-corrected chi connectivity index (χ3v) is 0.167. The standard InChI is InChI=1S/C4H6.Na.H2O4S.H/c1-3-4-2;;1-5(2,3)4;/h3-4H,1-2H2;;(H2,1,2,3,4);/q;+1;;-1. The Morgan fingerprint density at radius 3 is 1.30 bits per heavy atom. The average molecular weight is 176 g/mol. The minimum absolute atomic E-state index is 0. The second-order valence-corrected chi connectivity index (χ2v) is 1.81. The second-order valence-electron chi connectivity index (χ2n) is 0.919. The van der Waals surface area contributed by atoms with Gasteiger partial charge in [0.2, 0.25) is 0 Å². The first-order valence-corrected chi connectivity index (χ1v) is 3.25. The predicted octanol–water partition coefficient (Wildman–Crippen LogP) is -2.18. The summed E-state index contributed by atoms with van der Waals surface area (Å²) in [6.07, 6.45) is 3.28. The SMILES string of the molecule is C=CC=C.O=S(=O)(O)O.[H-].[Na+]. The van der Waals surface area contributed by atoms with Gasteiger partial charge in [0.1, 0.15) is 0 Å². The Hall–Kier alpha value is 0.350. The number of hydrogen-bond donors (Lipinski definition) is 2. The Balaban J connectivity index is -0.0000000383. The molecule has 4 nitrogen and oxygen atoms in total. The Bertz CT molecular complexity index is 163. The van der Waals surface area contributed by atoms with Crippen molar-refractivity contribution in [1.29, 1.82) is 0 Å². The van der Waals surface area contributed by atoms with E-state index in [1.807, 2.05) is 0 Å². The Morgan fingerprint density at radius 2 is 1.30 bits per heavy atom. The molecule has 0 radical (unpaired) electrons. The molecule has 0 amide bonds. The van der Waals surface area contributed by atoms with Crippen LogP contribution in [0.25, 0.3) is 0 Å². The van der Waals surface area contributed by atoms with Gasteiger partial charge in [0, 0.05) is 0 Å². The zero-order valence-corrected chi connectivity index (χ0v) is 8.50. The van der Waals surface area contributed by atoms with E-state index in [1.54, 1.807) is 12.2 Å². The number of rotatable bonds is 1. The van der Waals surface area contributed by atoms with Gasteiger partial charge in [-0.1, -0.05) is 25.3 Å². The summed E-state index contributed by atoms with van der Waals surface area (Å²) < 4.78 is 31.6. The van der Waals surface area contributed by atoms with E-state index in [2.05, 4.69) is 13.2 Å². The van der Waals surface area contributed by atoms with E-state index in [4.69, 9.17) is 17.5 Å². The monoisotopic (exact) mass is 176 g/mol. The molecule has 0 saturated carbocycles. The summed E-state index contributed by atoms with van der Waals surface area (Å²) >= 11 is 0. The zero-order valence-electron chi connectivity index (χ0n) is 6.69. The minimum atomic E-state index is -4.67. The van der Waals surface area contributed by atoms with E-state index in [0.717, 1.165) is 0 Å². The van der Waals surface area contributed by atoms with Gasteiger partial charge in [0.15, 0.2) is 0 Å². The number of allylic oxidation sites excluding steroid dienone is 2. The maximum Gasteiger partial charge on any atom is 1.00 e. The van der Waals surface area contributed by atoms with Crippen LogP contribution >= 0.6 is 0 Å². The first-order valence-electron chi connectivity index (χ1n) is 1.85. The van der Waals surface area contributed by atoms with Gasteiger partial charge >= 0.3 is 40.0 Å². The fourth-order valence-corrected chi connectivity index (χ4v) is 0. The molecule has 0 rings (SSSR count). The van der Waals surface area contributed by atoms with Gasteiger partial charge < -0.3 is 1.43 Å². The number of hydrogen-bond acceptors (Lipinski definition) is 2. The van der Waals surface area contributed by atoms with Crippen LogP contribution in [-0.2, 0) is 10.4 Å². The summed E-state index contributed by atoms with van der Waals surface area (Å²) in [6, 6.07) is 0. The van der Waals surface area contributed by atoms with Crippen LogP contribution < -0.4 is 29.6 Å². The smallest absolute Gasteiger partial charge is 1.00 e. The van der Waals surface area contributed by atoms with Gasteiger partial charge in [-0.05, 0) is 0 Å². The Kier molecular flexibility index (Phi) is 15.7. The fraction of sp³-hybridized carbons (Fsp3) is 0.